The Morgan fingerprint density at radius 1 is 1.16 bits per heavy atom. The van der Waals surface area contributed by atoms with Gasteiger partial charge in [0, 0.05) is 5.57 Å². The van der Waals surface area contributed by atoms with Crippen LogP contribution >= 0.6 is 0 Å². The van der Waals surface area contributed by atoms with Crippen LogP contribution in [0, 0.1) is 17.8 Å². The fraction of sp³-hybridized carbons (Fsp3) is 0.824. The fourth-order valence-electron chi connectivity index (χ4n) is 4.92. The molecule has 0 saturated heterocycles. The molecule has 0 aromatic rings. The zero-order valence-corrected chi connectivity index (χ0v) is 12.1. The van der Waals surface area contributed by atoms with Gasteiger partial charge in [-0.05, 0) is 69.1 Å². The van der Waals surface area contributed by atoms with E-state index < -0.39 is 0 Å². The molecule has 19 heavy (non-hydrogen) atoms. The van der Waals surface area contributed by atoms with Crippen LogP contribution in [-0.4, -0.2) is 11.6 Å². The minimum Gasteiger partial charge on any atom is -0.456 e. The van der Waals surface area contributed by atoms with Crippen LogP contribution in [-0.2, 0) is 9.53 Å². The Kier molecular flexibility index (Phi) is 3.44. The second kappa shape index (κ2) is 4.96. The molecule has 4 rings (SSSR count). The number of unbranched alkanes of at least 4 members (excludes halogenated alkanes) is 1. The van der Waals surface area contributed by atoms with Crippen LogP contribution < -0.4 is 0 Å². The highest BCUT2D eigenvalue weighted by molar-refractivity contribution is 5.88. The van der Waals surface area contributed by atoms with Crippen molar-refractivity contribution in [3.63, 3.8) is 0 Å². The van der Waals surface area contributed by atoms with E-state index in [-0.39, 0.29) is 11.6 Å². The summed E-state index contributed by atoms with van der Waals surface area (Å²) in [5.74, 6) is 2.35. The molecule has 4 bridgehead atoms. The molecule has 0 radical (unpaired) electrons. The van der Waals surface area contributed by atoms with Gasteiger partial charge in [0.05, 0.1) is 0 Å². The zero-order chi connectivity index (χ0) is 13.5. The van der Waals surface area contributed by atoms with Crippen LogP contribution in [0.1, 0.15) is 64.7 Å². The molecule has 2 heteroatoms. The lowest BCUT2D eigenvalue weighted by atomic mass is 9.54. The maximum atomic E-state index is 12.2. The molecule has 0 aromatic heterocycles. The summed E-state index contributed by atoms with van der Waals surface area (Å²) < 4.78 is 5.97. The lowest BCUT2D eigenvalue weighted by Gasteiger charge is -2.55. The van der Waals surface area contributed by atoms with E-state index in [2.05, 4.69) is 13.5 Å². The summed E-state index contributed by atoms with van der Waals surface area (Å²) in [6, 6.07) is 0. The van der Waals surface area contributed by atoms with E-state index in [1.807, 2.05) is 0 Å². The highest BCUT2D eigenvalue weighted by Gasteiger charge is 2.53. The number of hydrogen-bond acceptors (Lipinski definition) is 2. The van der Waals surface area contributed by atoms with Crippen molar-refractivity contribution in [2.75, 3.05) is 0 Å². The molecule has 0 aliphatic heterocycles. The Bertz CT molecular complexity index is 347. The molecule has 0 unspecified atom stereocenters. The van der Waals surface area contributed by atoms with Gasteiger partial charge in [-0.1, -0.05) is 19.9 Å². The van der Waals surface area contributed by atoms with E-state index >= 15 is 0 Å². The maximum Gasteiger partial charge on any atom is 0.333 e. The van der Waals surface area contributed by atoms with Crippen molar-refractivity contribution in [1.29, 1.82) is 0 Å². The van der Waals surface area contributed by atoms with Crippen molar-refractivity contribution >= 4 is 5.97 Å². The van der Waals surface area contributed by atoms with E-state index in [0.29, 0.717) is 5.57 Å². The molecule has 0 aromatic carbocycles. The first-order valence-electron chi connectivity index (χ1n) is 8.01. The maximum absolute atomic E-state index is 12.2. The van der Waals surface area contributed by atoms with E-state index in [0.717, 1.165) is 56.3 Å². The molecule has 4 saturated carbocycles. The van der Waals surface area contributed by atoms with Gasteiger partial charge in [0.15, 0.2) is 0 Å². The average Bonchev–Trinajstić information content (AvgIpc) is 2.33. The molecular weight excluding hydrogens is 236 g/mol. The highest BCUT2D eigenvalue weighted by atomic mass is 16.6. The Morgan fingerprint density at radius 3 is 2.16 bits per heavy atom. The topological polar surface area (TPSA) is 26.3 Å². The van der Waals surface area contributed by atoms with Crippen LogP contribution in [0.15, 0.2) is 12.2 Å². The first-order valence-corrected chi connectivity index (χ1v) is 8.01. The summed E-state index contributed by atoms with van der Waals surface area (Å²) in [6.45, 7) is 6.05. The lowest BCUT2D eigenvalue weighted by molar-refractivity contribution is -0.182. The van der Waals surface area contributed by atoms with Crippen molar-refractivity contribution in [2.45, 2.75) is 70.3 Å². The monoisotopic (exact) mass is 262 g/mol. The predicted molar refractivity (Wildman–Crippen MR) is 75.7 cm³/mol. The summed E-state index contributed by atoms with van der Waals surface area (Å²) in [6.07, 6.45) is 10.4. The Balaban J connectivity index is 1.63. The Hall–Kier alpha value is -0.790. The van der Waals surface area contributed by atoms with E-state index in [4.69, 9.17) is 4.74 Å². The molecule has 106 valence electrons. The van der Waals surface area contributed by atoms with Gasteiger partial charge < -0.3 is 4.74 Å². The van der Waals surface area contributed by atoms with Crippen LogP contribution in [0.5, 0.6) is 0 Å². The van der Waals surface area contributed by atoms with Crippen molar-refractivity contribution < 1.29 is 9.53 Å². The Morgan fingerprint density at radius 2 is 1.68 bits per heavy atom. The lowest BCUT2D eigenvalue weighted by Crippen LogP contribution is -2.52. The molecule has 0 heterocycles. The number of ether oxygens (including phenoxy) is 1. The zero-order valence-electron chi connectivity index (χ0n) is 12.1. The largest absolute Gasteiger partial charge is 0.456 e. The van der Waals surface area contributed by atoms with Gasteiger partial charge in [0.25, 0.3) is 0 Å². The van der Waals surface area contributed by atoms with Gasteiger partial charge in [-0.3, -0.25) is 0 Å². The van der Waals surface area contributed by atoms with E-state index in [1.54, 1.807) is 0 Å². The third-order valence-electron chi connectivity index (χ3n) is 5.41. The number of hydrogen-bond donors (Lipinski definition) is 0. The van der Waals surface area contributed by atoms with Gasteiger partial charge in [0.1, 0.15) is 5.60 Å². The number of carbonyl (C=O) groups excluding carboxylic acids is 1. The first-order chi connectivity index (χ1) is 9.10. The molecule has 2 nitrogen and oxygen atoms in total. The van der Waals surface area contributed by atoms with Gasteiger partial charge in [-0.2, -0.15) is 0 Å². The summed E-state index contributed by atoms with van der Waals surface area (Å²) in [5, 5.41) is 0. The minimum absolute atomic E-state index is 0.110. The first kappa shape index (κ1) is 13.2. The molecular formula is C17H26O2. The quantitative estimate of drug-likeness (QED) is 0.547. The summed E-state index contributed by atoms with van der Waals surface area (Å²) in [4.78, 5) is 12.2. The highest BCUT2D eigenvalue weighted by Crippen LogP contribution is 2.57. The third-order valence-corrected chi connectivity index (χ3v) is 5.41. The van der Waals surface area contributed by atoms with Crippen molar-refractivity contribution in [1.82, 2.24) is 0 Å². The molecule has 4 aliphatic rings. The summed E-state index contributed by atoms with van der Waals surface area (Å²) in [5.41, 5.74) is 0.568. The third kappa shape index (κ3) is 2.59. The SMILES string of the molecule is C=C(CCCC)C(=O)OC12CC3CC(CC(C3)C1)C2. The van der Waals surface area contributed by atoms with Crippen LogP contribution in [0.25, 0.3) is 0 Å². The number of carbonyl (C=O) groups is 1. The molecule has 0 spiro atoms. The van der Waals surface area contributed by atoms with Gasteiger partial charge in [0.2, 0.25) is 0 Å². The van der Waals surface area contributed by atoms with Gasteiger partial charge >= 0.3 is 5.97 Å². The second-order valence-electron chi connectivity index (χ2n) is 7.20. The molecule has 0 N–H and O–H groups in total. The standard InChI is InChI=1S/C17H26O2/c1-3-4-5-12(2)16(18)19-17-9-13-6-14(10-17)8-15(7-13)11-17/h13-15H,2-11H2,1H3. The molecule has 4 fully saturated rings. The van der Waals surface area contributed by atoms with Crippen molar-refractivity contribution in [3.05, 3.63) is 12.2 Å². The van der Waals surface area contributed by atoms with E-state index in [9.17, 15) is 4.79 Å². The van der Waals surface area contributed by atoms with Crippen molar-refractivity contribution in [2.24, 2.45) is 17.8 Å². The fourth-order valence-corrected chi connectivity index (χ4v) is 4.92. The van der Waals surface area contributed by atoms with Crippen LogP contribution in [0.2, 0.25) is 0 Å². The summed E-state index contributed by atoms with van der Waals surface area (Å²) in [7, 11) is 0. The summed E-state index contributed by atoms with van der Waals surface area (Å²) >= 11 is 0. The van der Waals surface area contributed by atoms with Crippen LogP contribution in [0.4, 0.5) is 0 Å². The molecule has 0 amide bonds. The smallest absolute Gasteiger partial charge is 0.333 e. The average molecular weight is 262 g/mol. The number of esters is 1. The minimum atomic E-state index is -0.115. The Labute approximate surface area is 116 Å². The molecule has 4 aliphatic carbocycles. The van der Waals surface area contributed by atoms with Crippen LogP contribution in [0.3, 0.4) is 0 Å². The normalized spacial score (nSPS) is 39.3. The van der Waals surface area contributed by atoms with Crippen molar-refractivity contribution in [3.8, 4) is 0 Å². The van der Waals surface area contributed by atoms with E-state index in [1.165, 1.54) is 19.3 Å². The predicted octanol–water partition coefficient (Wildman–Crippen LogP) is 4.24. The van der Waals surface area contributed by atoms with Gasteiger partial charge in [-0.15, -0.1) is 0 Å². The number of rotatable bonds is 5. The second-order valence-corrected chi connectivity index (χ2v) is 7.20. The molecule has 0 atom stereocenters. The van der Waals surface area contributed by atoms with Gasteiger partial charge in [-0.25, -0.2) is 4.79 Å².